The van der Waals surface area contributed by atoms with Crippen LogP contribution in [-0.4, -0.2) is 20.9 Å². The van der Waals surface area contributed by atoms with Gasteiger partial charge >= 0.3 is 0 Å². The maximum absolute atomic E-state index is 12.3. The molecule has 0 saturated heterocycles. The van der Waals surface area contributed by atoms with E-state index >= 15 is 0 Å². The van der Waals surface area contributed by atoms with Crippen LogP contribution in [0.4, 0.5) is 5.69 Å². The second-order valence-corrected chi connectivity index (χ2v) is 7.72. The molecule has 0 radical (unpaired) electrons. The molecule has 140 valence electrons. The molecule has 0 aliphatic heterocycles. The third-order valence-corrected chi connectivity index (χ3v) is 5.37. The van der Waals surface area contributed by atoms with Gasteiger partial charge in [0.15, 0.2) is 0 Å². The number of nitriles is 1. The normalized spacial score (nSPS) is 10.8. The van der Waals surface area contributed by atoms with E-state index in [1.165, 1.54) is 24.3 Å². The van der Waals surface area contributed by atoms with Gasteiger partial charge in [-0.3, -0.25) is 4.79 Å². The number of carbonyl (C=O) groups excluding carboxylic acids is 1. The second kappa shape index (κ2) is 8.48. The molecule has 0 aromatic heterocycles. The van der Waals surface area contributed by atoms with Gasteiger partial charge in [-0.25, -0.2) is 13.1 Å². The van der Waals surface area contributed by atoms with E-state index in [9.17, 15) is 13.2 Å². The van der Waals surface area contributed by atoms with E-state index in [-0.39, 0.29) is 10.5 Å². The van der Waals surface area contributed by atoms with E-state index in [0.29, 0.717) is 5.69 Å². The number of anilines is 1. The van der Waals surface area contributed by atoms with Crippen molar-refractivity contribution in [3.8, 4) is 17.2 Å². The predicted molar refractivity (Wildman–Crippen MR) is 107 cm³/mol. The molecule has 0 bridgehead atoms. The summed E-state index contributed by atoms with van der Waals surface area (Å²) >= 11 is 0. The van der Waals surface area contributed by atoms with Gasteiger partial charge in [0.25, 0.3) is 0 Å². The van der Waals surface area contributed by atoms with Crippen LogP contribution in [0.2, 0.25) is 0 Å². The average Bonchev–Trinajstić information content (AvgIpc) is 2.73. The highest BCUT2D eigenvalue weighted by Gasteiger charge is 2.16. The number of sulfonamides is 1. The summed E-state index contributed by atoms with van der Waals surface area (Å²) in [6.07, 6.45) is 0. The first-order valence-corrected chi connectivity index (χ1v) is 9.91. The monoisotopic (exact) mass is 391 g/mol. The molecule has 0 aliphatic rings. The van der Waals surface area contributed by atoms with Crippen LogP contribution >= 0.6 is 0 Å². The van der Waals surface area contributed by atoms with Gasteiger partial charge in [-0.05, 0) is 41.5 Å². The van der Waals surface area contributed by atoms with Crippen molar-refractivity contribution in [2.24, 2.45) is 0 Å². The molecule has 6 nitrogen and oxygen atoms in total. The predicted octanol–water partition coefficient (Wildman–Crippen LogP) is 3.14. The van der Waals surface area contributed by atoms with Crippen LogP contribution in [0.25, 0.3) is 11.1 Å². The number of hydrogen-bond donors (Lipinski definition) is 2. The van der Waals surface area contributed by atoms with Crippen molar-refractivity contribution in [3.63, 3.8) is 0 Å². The zero-order valence-electron chi connectivity index (χ0n) is 14.8. The summed E-state index contributed by atoms with van der Waals surface area (Å²) in [6.45, 7) is -0.417. The van der Waals surface area contributed by atoms with Crippen LogP contribution in [0, 0.1) is 11.3 Å². The minimum absolute atomic E-state index is 0.0634. The number of nitrogens with zero attached hydrogens (tertiary/aromatic N) is 1. The Labute approximate surface area is 163 Å². The number of nitrogens with one attached hydrogen (secondary N) is 2. The lowest BCUT2D eigenvalue weighted by Crippen LogP contribution is -2.32. The molecule has 0 atom stereocenters. The molecule has 1 amide bonds. The van der Waals surface area contributed by atoms with Crippen molar-refractivity contribution < 1.29 is 13.2 Å². The standard InChI is InChI=1S/C21H17N3O3S/c22-14-16-5-4-8-20(13-16)28(26,27)23-15-21(25)24-19-11-9-18(10-12-19)17-6-2-1-3-7-17/h1-13,23H,15H2,(H,24,25). The molecule has 0 aliphatic carbocycles. The molecule has 3 aromatic carbocycles. The van der Waals surface area contributed by atoms with E-state index in [4.69, 9.17) is 5.26 Å². The molecule has 3 rings (SSSR count). The molecule has 2 N–H and O–H groups in total. The van der Waals surface area contributed by atoms with Gasteiger partial charge in [0.2, 0.25) is 15.9 Å². The van der Waals surface area contributed by atoms with Crippen molar-refractivity contribution in [3.05, 3.63) is 84.4 Å². The number of amides is 1. The lowest BCUT2D eigenvalue weighted by Gasteiger charge is -2.09. The van der Waals surface area contributed by atoms with E-state index in [0.717, 1.165) is 11.1 Å². The van der Waals surface area contributed by atoms with Crippen LogP contribution in [0.15, 0.2) is 83.8 Å². The third-order valence-electron chi connectivity index (χ3n) is 3.97. The largest absolute Gasteiger partial charge is 0.325 e. The van der Waals surface area contributed by atoms with Crippen LogP contribution in [-0.2, 0) is 14.8 Å². The Morgan fingerprint density at radius 1 is 0.893 bits per heavy atom. The molecule has 0 saturated carbocycles. The summed E-state index contributed by atoms with van der Waals surface area (Å²) in [7, 11) is -3.88. The van der Waals surface area contributed by atoms with Gasteiger partial charge in [-0.2, -0.15) is 5.26 Å². The topological polar surface area (TPSA) is 99.1 Å². The Hall–Kier alpha value is -3.47. The quantitative estimate of drug-likeness (QED) is 0.674. The summed E-state index contributed by atoms with van der Waals surface area (Å²) < 4.78 is 26.8. The molecule has 0 heterocycles. The molecule has 0 fully saturated rings. The maximum atomic E-state index is 12.3. The fourth-order valence-corrected chi connectivity index (χ4v) is 3.59. The minimum atomic E-state index is -3.88. The molecular weight excluding hydrogens is 374 g/mol. The van der Waals surface area contributed by atoms with Crippen molar-refractivity contribution in [1.29, 1.82) is 5.26 Å². The number of benzene rings is 3. The maximum Gasteiger partial charge on any atom is 0.241 e. The molecule has 3 aromatic rings. The lowest BCUT2D eigenvalue weighted by atomic mass is 10.1. The summed E-state index contributed by atoms with van der Waals surface area (Å²) in [5, 5.41) is 11.5. The molecule has 7 heteroatoms. The molecule has 28 heavy (non-hydrogen) atoms. The van der Waals surface area contributed by atoms with Gasteiger partial charge in [0, 0.05) is 5.69 Å². The minimum Gasteiger partial charge on any atom is -0.325 e. The zero-order valence-corrected chi connectivity index (χ0v) is 15.6. The molecular formula is C21H17N3O3S. The fraction of sp³-hybridized carbons (Fsp3) is 0.0476. The second-order valence-electron chi connectivity index (χ2n) is 5.96. The Morgan fingerprint density at radius 3 is 2.25 bits per heavy atom. The van der Waals surface area contributed by atoms with Gasteiger partial charge < -0.3 is 5.32 Å². The number of carbonyl (C=O) groups is 1. The van der Waals surface area contributed by atoms with Crippen molar-refractivity contribution in [1.82, 2.24) is 4.72 Å². The van der Waals surface area contributed by atoms with E-state index in [1.54, 1.807) is 12.1 Å². The SMILES string of the molecule is N#Cc1cccc(S(=O)(=O)NCC(=O)Nc2ccc(-c3ccccc3)cc2)c1. The lowest BCUT2D eigenvalue weighted by molar-refractivity contribution is -0.115. The summed E-state index contributed by atoms with van der Waals surface area (Å²) in [4.78, 5) is 12.0. The molecule has 0 spiro atoms. The summed E-state index contributed by atoms with van der Waals surface area (Å²) in [5.74, 6) is -0.493. The van der Waals surface area contributed by atoms with Crippen LogP contribution in [0.1, 0.15) is 5.56 Å². The zero-order chi connectivity index (χ0) is 20.0. The average molecular weight is 391 g/mol. The highest BCUT2D eigenvalue weighted by molar-refractivity contribution is 7.89. The van der Waals surface area contributed by atoms with Crippen molar-refractivity contribution in [2.75, 3.05) is 11.9 Å². The van der Waals surface area contributed by atoms with E-state index in [2.05, 4.69) is 10.0 Å². The van der Waals surface area contributed by atoms with E-state index < -0.39 is 22.5 Å². The van der Waals surface area contributed by atoms with Gasteiger partial charge in [-0.15, -0.1) is 0 Å². The number of rotatable bonds is 6. The highest BCUT2D eigenvalue weighted by atomic mass is 32.2. The van der Waals surface area contributed by atoms with Crippen molar-refractivity contribution >= 4 is 21.6 Å². The van der Waals surface area contributed by atoms with Crippen LogP contribution < -0.4 is 10.0 Å². The van der Waals surface area contributed by atoms with Crippen LogP contribution in [0.5, 0.6) is 0 Å². The van der Waals surface area contributed by atoms with Gasteiger partial charge in [-0.1, -0.05) is 48.5 Å². The molecule has 0 unspecified atom stereocenters. The first-order chi connectivity index (χ1) is 13.5. The fourth-order valence-electron chi connectivity index (χ4n) is 2.56. The number of hydrogen-bond acceptors (Lipinski definition) is 4. The third kappa shape index (κ3) is 4.82. The first-order valence-electron chi connectivity index (χ1n) is 8.43. The van der Waals surface area contributed by atoms with Crippen molar-refractivity contribution in [2.45, 2.75) is 4.90 Å². The summed E-state index contributed by atoms with van der Waals surface area (Å²) in [5.41, 5.74) is 2.87. The van der Waals surface area contributed by atoms with E-state index in [1.807, 2.05) is 48.5 Å². The Kier molecular flexibility index (Phi) is 5.84. The smallest absolute Gasteiger partial charge is 0.241 e. The Balaban J connectivity index is 1.60. The Bertz CT molecular complexity index is 1120. The van der Waals surface area contributed by atoms with Gasteiger partial charge in [0.05, 0.1) is 23.1 Å². The van der Waals surface area contributed by atoms with Crippen LogP contribution in [0.3, 0.4) is 0 Å². The summed E-state index contributed by atoms with van der Waals surface area (Å²) in [6, 6.07) is 24.6. The first kappa shape index (κ1) is 19.3. The highest BCUT2D eigenvalue weighted by Crippen LogP contribution is 2.21. The van der Waals surface area contributed by atoms with Gasteiger partial charge in [0.1, 0.15) is 0 Å². The Morgan fingerprint density at radius 2 is 1.57 bits per heavy atom.